The second-order valence-corrected chi connectivity index (χ2v) is 3.14. The standard InChI is InChI=1S/C10H12O6/c11-4-7(13)5-16-10(15)8-2-1-6(12)3-9(8)14/h1-3,7,11-14H,4-5H2/t7-/m1/s1. The Morgan fingerprint density at radius 1 is 1.38 bits per heavy atom. The Labute approximate surface area is 91.3 Å². The summed E-state index contributed by atoms with van der Waals surface area (Å²) in [7, 11) is 0. The zero-order chi connectivity index (χ0) is 12.1. The van der Waals surface area contributed by atoms with Crippen molar-refractivity contribution in [2.45, 2.75) is 6.10 Å². The average Bonchev–Trinajstić information content (AvgIpc) is 2.25. The van der Waals surface area contributed by atoms with Crippen LogP contribution in [0.15, 0.2) is 18.2 Å². The Bertz CT molecular complexity index is 376. The fourth-order valence-corrected chi connectivity index (χ4v) is 0.995. The Morgan fingerprint density at radius 3 is 2.62 bits per heavy atom. The molecular formula is C10H12O6. The molecule has 0 aromatic heterocycles. The van der Waals surface area contributed by atoms with Crippen LogP contribution in [-0.4, -0.2) is 45.7 Å². The smallest absolute Gasteiger partial charge is 0.342 e. The van der Waals surface area contributed by atoms with Crippen molar-refractivity contribution in [2.24, 2.45) is 0 Å². The van der Waals surface area contributed by atoms with Crippen LogP contribution < -0.4 is 0 Å². The normalized spacial score (nSPS) is 12.1. The number of esters is 1. The monoisotopic (exact) mass is 228 g/mol. The van der Waals surface area contributed by atoms with E-state index < -0.39 is 24.4 Å². The Balaban J connectivity index is 2.66. The van der Waals surface area contributed by atoms with Gasteiger partial charge in [-0.1, -0.05) is 0 Å². The summed E-state index contributed by atoms with van der Waals surface area (Å²) in [5.74, 6) is -1.43. The molecule has 0 fully saturated rings. The second kappa shape index (κ2) is 5.34. The Hall–Kier alpha value is -1.79. The summed E-state index contributed by atoms with van der Waals surface area (Å²) in [6, 6.07) is 3.41. The van der Waals surface area contributed by atoms with Gasteiger partial charge >= 0.3 is 5.97 Å². The van der Waals surface area contributed by atoms with Crippen LogP contribution in [0.4, 0.5) is 0 Å². The van der Waals surface area contributed by atoms with Gasteiger partial charge in [-0.05, 0) is 12.1 Å². The molecule has 0 aliphatic heterocycles. The minimum absolute atomic E-state index is 0.122. The van der Waals surface area contributed by atoms with E-state index >= 15 is 0 Å². The van der Waals surface area contributed by atoms with E-state index in [2.05, 4.69) is 4.74 Å². The number of benzene rings is 1. The SMILES string of the molecule is O=C(OC[C@H](O)CO)c1ccc(O)cc1O. The fourth-order valence-electron chi connectivity index (χ4n) is 0.995. The highest BCUT2D eigenvalue weighted by Crippen LogP contribution is 2.23. The topological polar surface area (TPSA) is 107 Å². The van der Waals surface area contributed by atoms with Crippen LogP contribution in [0, 0.1) is 0 Å². The highest BCUT2D eigenvalue weighted by atomic mass is 16.5. The van der Waals surface area contributed by atoms with Crippen molar-refractivity contribution in [2.75, 3.05) is 13.2 Å². The van der Waals surface area contributed by atoms with Gasteiger partial charge in [-0.25, -0.2) is 4.79 Å². The molecule has 6 nitrogen and oxygen atoms in total. The molecule has 4 N–H and O–H groups in total. The van der Waals surface area contributed by atoms with Gasteiger partial charge in [0.1, 0.15) is 29.8 Å². The highest BCUT2D eigenvalue weighted by Gasteiger charge is 2.14. The molecular weight excluding hydrogens is 216 g/mol. The van der Waals surface area contributed by atoms with Gasteiger partial charge in [-0.2, -0.15) is 0 Å². The number of hydrogen-bond donors (Lipinski definition) is 4. The molecule has 0 amide bonds. The number of phenolic OH excluding ortho intramolecular Hbond substituents is 2. The largest absolute Gasteiger partial charge is 0.508 e. The molecule has 0 heterocycles. The molecule has 0 spiro atoms. The van der Waals surface area contributed by atoms with Crippen LogP contribution in [0.2, 0.25) is 0 Å². The molecule has 16 heavy (non-hydrogen) atoms. The molecule has 0 radical (unpaired) electrons. The van der Waals surface area contributed by atoms with Crippen LogP contribution in [0.5, 0.6) is 11.5 Å². The van der Waals surface area contributed by atoms with E-state index in [-0.39, 0.29) is 17.9 Å². The van der Waals surface area contributed by atoms with Gasteiger partial charge in [0.15, 0.2) is 0 Å². The van der Waals surface area contributed by atoms with Gasteiger partial charge in [-0.3, -0.25) is 0 Å². The first-order valence-corrected chi connectivity index (χ1v) is 4.52. The van der Waals surface area contributed by atoms with Crippen molar-refractivity contribution in [3.63, 3.8) is 0 Å². The number of carbonyl (C=O) groups excluding carboxylic acids is 1. The quantitative estimate of drug-likeness (QED) is 0.523. The lowest BCUT2D eigenvalue weighted by Crippen LogP contribution is -2.21. The van der Waals surface area contributed by atoms with Crippen molar-refractivity contribution in [3.8, 4) is 11.5 Å². The lowest BCUT2D eigenvalue weighted by atomic mass is 10.2. The molecule has 1 rings (SSSR count). The van der Waals surface area contributed by atoms with E-state index in [9.17, 15) is 9.90 Å². The zero-order valence-corrected chi connectivity index (χ0v) is 8.33. The van der Waals surface area contributed by atoms with Crippen molar-refractivity contribution in [1.82, 2.24) is 0 Å². The van der Waals surface area contributed by atoms with E-state index in [1.54, 1.807) is 0 Å². The molecule has 0 aliphatic carbocycles. The third-order valence-corrected chi connectivity index (χ3v) is 1.82. The second-order valence-electron chi connectivity index (χ2n) is 3.14. The Morgan fingerprint density at radius 2 is 2.06 bits per heavy atom. The number of carbonyl (C=O) groups is 1. The van der Waals surface area contributed by atoms with Crippen LogP contribution in [0.25, 0.3) is 0 Å². The summed E-state index contributed by atoms with van der Waals surface area (Å²) in [5.41, 5.74) is -0.122. The number of aliphatic hydroxyl groups is 2. The molecule has 0 bridgehead atoms. The van der Waals surface area contributed by atoms with Crippen LogP contribution in [-0.2, 0) is 4.74 Å². The first-order chi connectivity index (χ1) is 7.54. The highest BCUT2D eigenvalue weighted by molar-refractivity contribution is 5.92. The third kappa shape index (κ3) is 3.11. The first-order valence-electron chi connectivity index (χ1n) is 4.52. The van der Waals surface area contributed by atoms with E-state index in [4.69, 9.17) is 15.3 Å². The molecule has 1 atom stereocenters. The van der Waals surface area contributed by atoms with E-state index in [0.717, 1.165) is 6.07 Å². The van der Waals surface area contributed by atoms with Crippen molar-refractivity contribution in [1.29, 1.82) is 0 Å². The third-order valence-electron chi connectivity index (χ3n) is 1.82. The van der Waals surface area contributed by atoms with Crippen molar-refractivity contribution in [3.05, 3.63) is 23.8 Å². The van der Waals surface area contributed by atoms with Gasteiger partial charge in [0.25, 0.3) is 0 Å². The number of aromatic hydroxyl groups is 2. The van der Waals surface area contributed by atoms with Gasteiger partial charge in [-0.15, -0.1) is 0 Å². The summed E-state index contributed by atoms with van der Waals surface area (Å²) in [5, 5.41) is 35.7. The van der Waals surface area contributed by atoms with Crippen LogP contribution in [0.3, 0.4) is 0 Å². The minimum Gasteiger partial charge on any atom is -0.508 e. The molecule has 88 valence electrons. The lowest BCUT2D eigenvalue weighted by Gasteiger charge is -2.09. The van der Waals surface area contributed by atoms with E-state index in [0.29, 0.717) is 0 Å². The van der Waals surface area contributed by atoms with Gasteiger partial charge in [0, 0.05) is 6.07 Å². The Kier molecular flexibility index (Phi) is 4.10. The molecule has 6 heteroatoms. The van der Waals surface area contributed by atoms with Crippen LogP contribution in [0.1, 0.15) is 10.4 Å². The molecule has 0 saturated carbocycles. The average molecular weight is 228 g/mol. The predicted molar refractivity (Wildman–Crippen MR) is 53.1 cm³/mol. The molecule has 0 aliphatic rings. The summed E-state index contributed by atoms with van der Waals surface area (Å²) < 4.78 is 4.61. The van der Waals surface area contributed by atoms with Gasteiger partial charge < -0.3 is 25.2 Å². The summed E-state index contributed by atoms with van der Waals surface area (Å²) in [6.45, 7) is -0.884. The fraction of sp³-hybridized carbons (Fsp3) is 0.300. The number of ether oxygens (including phenoxy) is 1. The predicted octanol–water partition coefficient (Wildman–Crippen LogP) is -0.392. The van der Waals surface area contributed by atoms with Crippen molar-refractivity contribution < 1.29 is 30.0 Å². The summed E-state index contributed by atoms with van der Waals surface area (Å²) >= 11 is 0. The molecule has 0 saturated heterocycles. The van der Waals surface area contributed by atoms with E-state index in [1.165, 1.54) is 12.1 Å². The maximum atomic E-state index is 11.3. The molecule has 1 aromatic rings. The number of aliphatic hydroxyl groups excluding tert-OH is 2. The van der Waals surface area contributed by atoms with Crippen molar-refractivity contribution >= 4 is 5.97 Å². The van der Waals surface area contributed by atoms with Gasteiger partial charge in [0.2, 0.25) is 0 Å². The number of rotatable bonds is 4. The summed E-state index contributed by atoms with van der Waals surface area (Å²) in [6.07, 6.45) is -1.15. The molecule has 0 unspecified atom stereocenters. The molecule has 1 aromatic carbocycles. The number of hydrogen-bond acceptors (Lipinski definition) is 6. The zero-order valence-electron chi connectivity index (χ0n) is 8.33. The van der Waals surface area contributed by atoms with E-state index in [1.807, 2.05) is 0 Å². The maximum absolute atomic E-state index is 11.3. The first kappa shape index (κ1) is 12.3. The van der Waals surface area contributed by atoms with Gasteiger partial charge in [0.05, 0.1) is 6.61 Å². The lowest BCUT2D eigenvalue weighted by molar-refractivity contribution is 0.00913. The number of phenols is 2. The minimum atomic E-state index is -1.15. The summed E-state index contributed by atoms with van der Waals surface area (Å²) in [4.78, 5) is 11.3. The maximum Gasteiger partial charge on any atom is 0.342 e. The van der Waals surface area contributed by atoms with Crippen LogP contribution >= 0.6 is 0 Å².